The summed E-state index contributed by atoms with van der Waals surface area (Å²) in [5.41, 5.74) is 1.67. The molecule has 0 unspecified atom stereocenters. The Bertz CT molecular complexity index is 762. The van der Waals surface area contributed by atoms with Crippen molar-refractivity contribution in [2.24, 2.45) is 0 Å². The fourth-order valence-electron chi connectivity index (χ4n) is 2.07. The molecule has 2 aromatic carbocycles. The highest BCUT2D eigenvalue weighted by atomic mass is 16.5. The van der Waals surface area contributed by atoms with Crippen LogP contribution in [-0.4, -0.2) is 16.1 Å². The summed E-state index contributed by atoms with van der Waals surface area (Å²) in [4.78, 5) is 13.8. The van der Waals surface area contributed by atoms with Gasteiger partial charge in [0.25, 0.3) is 0 Å². The molecular weight excluding hydrogens is 266 g/mol. The monoisotopic (exact) mass is 279 g/mol. The Morgan fingerprint density at radius 2 is 1.62 bits per heavy atom. The second-order valence-corrected chi connectivity index (χ2v) is 4.50. The number of carboxylic acid groups (broad SMARTS) is 1. The molecule has 0 fully saturated rings. The van der Waals surface area contributed by atoms with Crippen LogP contribution in [0.2, 0.25) is 0 Å². The van der Waals surface area contributed by atoms with Crippen molar-refractivity contribution in [2.45, 2.75) is 0 Å². The molecule has 1 heterocycles. The lowest BCUT2D eigenvalue weighted by molar-refractivity contribution is 0.0691. The summed E-state index contributed by atoms with van der Waals surface area (Å²) in [5, 5.41) is 8.99. The molecule has 0 radical (unpaired) electrons. The zero-order valence-corrected chi connectivity index (χ0v) is 11.1. The van der Waals surface area contributed by atoms with Gasteiger partial charge in [0.15, 0.2) is 0 Å². The molecule has 4 heteroatoms. The van der Waals surface area contributed by atoms with Gasteiger partial charge in [-0.15, -0.1) is 0 Å². The standard InChI is InChI=1S/C17H13NO3/c19-17(20)15-11-10-14(18-15)13-8-4-5-9-16(13)21-12-6-2-1-3-7-12/h1-11,18H,(H,19,20). The molecule has 0 atom stereocenters. The number of nitrogens with one attached hydrogen (secondary N) is 1. The Labute approximate surface area is 121 Å². The average molecular weight is 279 g/mol. The van der Waals surface area contributed by atoms with Crippen molar-refractivity contribution in [3.8, 4) is 22.8 Å². The number of aromatic carboxylic acids is 1. The minimum Gasteiger partial charge on any atom is -0.477 e. The maximum Gasteiger partial charge on any atom is 0.352 e. The topological polar surface area (TPSA) is 62.3 Å². The van der Waals surface area contributed by atoms with E-state index in [0.29, 0.717) is 11.4 Å². The van der Waals surface area contributed by atoms with E-state index in [4.69, 9.17) is 9.84 Å². The van der Waals surface area contributed by atoms with Crippen molar-refractivity contribution < 1.29 is 14.6 Å². The Morgan fingerprint density at radius 1 is 0.905 bits per heavy atom. The first-order valence-electron chi connectivity index (χ1n) is 6.48. The van der Waals surface area contributed by atoms with E-state index in [-0.39, 0.29) is 5.69 Å². The van der Waals surface area contributed by atoms with Gasteiger partial charge in [-0.3, -0.25) is 0 Å². The van der Waals surface area contributed by atoms with Crippen LogP contribution in [0, 0.1) is 0 Å². The minimum absolute atomic E-state index is 0.152. The van der Waals surface area contributed by atoms with Gasteiger partial charge in [-0.05, 0) is 36.4 Å². The third-order valence-electron chi connectivity index (χ3n) is 3.06. The molecule has 1 aromatic heterocycles. The SMILES string of the molecule is O=C(O)c1ccc(-c2ccccc2Oc2ccccc2)[nH]1. The second-order valence-electron chi connectivity index (χ2n) is 4.50. The van der Waals surface area contributed by atoms with Gasteiger partial charge in [0.1, 0.15) is 17.2 Å². The van der Waals surface area contributed by atoms with Crippen LogP contribution in [0.1, 0.15) is 10.5 Å². The van der Waals surface area contributed by atoms with Gasteiger partial charge in [0, 0.05) is 11.3 Å². The van der Waals surface area contributed by atoms with Crippen LogP contribution in [0.3, 0.4) is 0 Å². The lowest BCUT2D eigenvalue weighted by atomic mass is 10.1. The lowest BCUT2D eigenvalue weighted by Gasteiger charge is -2.10. The molecule has 0 bridgehead atoms. The zero-order valence-electron chi connectivity index (χ0n) is 11.1. The second kappa shape index (κ2) is 5.54. The van der Waals surface area contributed by atoms with Crippen LogP contribution >= 0.6 is 0 Å². The highest BCUT2D eigenvalue weighted by molar-refractivity contribution is 5.87. The van der Waals surface area contributed by atoms with Crippen molar-refractivity contribution in [1.29, 1.82) is 0 Å². The quantitative estimate of drug-likeness (QED) is 0.753. The van der Waals surface area contributed by atoms with Gasteiger partial charge in [0.2, 0.25) is 0 Å². The summed E-state index contributed by atoms with van der Waals surface area (Å²) in [5.74, 6) is 0.417. The summed E-state index contributed by atoms with van der Waals surface area (Å²) in [7, 11) is 0. The normalized spacial score (nSPS) is 10.3. The molecule has 4 nitrogen and oxygen atoms in total. The molecule has 3 aromatic rings. The third-order valence-corrected chi connectivity index (χ3v) is 3.06. The molecule has 0 aliphatic rings. The van der Waals surface area contributed by atoms with Crippen LogP contribution < -0.4 is 4.74 Å². The van der Waals surface area contributed by atoms with Gasteiger partial charge in [-0.25, -0.2) is 4.79 Å². The van der Waals surface area contributed by atoms with E-state index >= 15 is 0 Å². The lowest BCUT2D eigenvalue weighted by Crippen LogP contribution is -1.96. The van der Waals surface area contributed by atoms with Crippen LogP contribution in [0.15, 0.2) is 66.7 Å². The van der Waals surface area contributed by atoms with Crippen molar-refractivity contribution in [3.05, 3.63) is 72.4 Å². The van der Waals surface area contributed by atoms with E-state index in [1.165, 1.54) is 6.07 Å². The van der Waals surface area contributed by atoms with Crippen molar-refractivity contribution in [3.63, 3.8) is 0 Å². The Morgan fingerprint density at radius 3 is 2.33 bits per heavy atom. The maximum atomic E-state index is 11.0. The van der Waals surface area contributed by atoms with Crippen LogP contribution in [0.25, 0.3) is 11.3 Å². The number of rotatable bonds is 4. The summed E-state index contributed by atoms with van der Waals surface area (Å²) in [6.45, 7) is 0. The summed E-state index contributed by atoms with van der Waals surface area (Å²) < 4.78 is 5.87. The first-order valence-corrected chi connectivity index (χ1v) is 6.48. The molecule has 21 heavy (non-hydrogen) atoms. The molecule has 0 saturated heterocycles. The van der Waals surface area contributed by atoms with Crippen LogP contribution in [0.5, 0.6) is 11.5 Å². The number of benzene rings is 2. The molecule has 104 valence electrons. The van der Waals surface area contributed by atoms with E-state index in [2.05, 4.69) is 4.98 Å². The minimum atomic E-state index is -0.984. The van der Waals surface area contributed by atoms with Gasteiger partial charge in [0.05, 0.1) is 0 Å². The first-order chi connectivity index (χ1) is 10.2. The largest absolute Gasteiger partial charge is 0.477 e. The number of hydrogen-bond donors (Lipinski definition) is 2. The number of carboxylic acids is 1. The molecule has 0 aliphatic heterocycles. The van der Waals surface area contributed by atoms with Gasteiger partial charge < -0.3 is 14.8 Å². The fraction of sp³-hybridized carbons (Fsp3) is 0. The Hall–Kier alpha value is -3.01. The summed E-state index contributed by atoms with van der Waals surface area (Å²) in [6, 6.07) is 20.2. The first kappa shape index (κ1) is 13.0. The number of carbonyl (C=O) groups is 1. The third kappa shape index (κ3) is 2.79. The number of hydrogen-bond acceptors (Lipinski definition) is 2. The van der Waals surface area contributed by atoms with Crippen LogP contribution in [0.4, 0.5) is 0 Å². The molecule has 0 spiro atoms. The van der Waals surface area contributed by atoms with Gasteiger partial charge in [-0.2, -0.15) is 0 Å². The highest BCUT2D eigenvalue weighted by Crippen LogP contribution is 2.32. The number of aromatic amines is 1. The van der Waals surface area contributed by atoms with Gasteiger partial charge in [-0.1, -0.05) is 30.3 Å². The smallest absolute Gasteiger partial charge is 0.352 e. The van der Waals surface area contributed by atoms with E-state index in [0.717, 1.165) is 11.3 Å². The predicted octanol–water partition coefficient (Wildman–Crippen LogP) is 4.17. The van der Waals surface area contributed by atoms with E-state index in [1.54, 1.807) is 6.07 Å². The Balaban J connectivity index is 1.97. The van der Waals surface area contributed by atoms with E-state index in [1.807, 2.05) is 54.6 Å². The molecule has 2 N–H and O–H groups in total. The number of ether oxygens (including phenoxy) is 1. The average Bonchev–Trinajstić information content (AvgIpc) is 2.99. The number of para-hydroxylation sites is 2. The Kier molecular flexibility index (Phi) is 3.43. The van der Waals surface area contributed by atoms with E-state index < -0.39 is 5.97 Å². The molecule has 3 rings (SSSR count). The molecule has 0 saturated carbocycles. The van der Waals surface area contributed by atoms with E-state index in [9.17, 15) is 4.79 Å². The maximum absolute atomic E-state index is 11.0. The number of aromatic nitrogens is 1. The zero-order chi connectivity index (χ0) is 14.7. The predicted molar refractivity (Wildman–Crippen MR) is 79.7 cm³/mol. The van der Waals surface area contributed by atoms with Crippen molar-refractivity contribution >= 4 is 5.97 Å². The van der Waals surface area contributed by atoms with Crippen LogP contribution in [-0.2, 0) is 0 Å². The summed E-state index contributed by atoms with van der Waals surface area (Å²) >= 11 is 0. The molecular formula is C17H13NO3. The highest BCUT2D eigenvalue weighted by Gasteiger charge is 2.11. The van der Waals surface area contributed by atoms with Crippen molar-refractivity contribution in [1.82, 2.24) is 4.98 Å². The summed E-state index contributed by atoms with van der Waals surface area (Å²) in [6.07, 6.45) is 0. The fourth-order valence-corrected chi connectivity index (χ4v) is 2.07. The van der Waals surface area contributed by atoms with Gasteiger partial charge >= 0.3 is 5.97 Å². The number of H-pyrrole nitrogens is 1. The molecule has 0 aliphatic carbocycles. The van der Waals surface area contributed by atoms with Crippen molar-refractivity contribution in [2.75, 3.05) is 0 Å². The molecule has 0 amide bonds.